The van der Waals surface area contributed by atoms with E-state index in [-0.39, 0.29) is 29.4 Å². The minimum atomic E-state index is -0.572. The number of carbonyl (C=O) groups is 1. The second-order valence-corrected chi connectivity index (χ2v) is 5.29. The van der Waals surface area contributed by atoms with Crippen LogP contribution < -0.4 is 24.4 Å². The number of nitro benzene ring substituents is 1. The molecule has 0 radical (unpaired) electrons. The summed E-state index contributed by atoms with van der Waals surface area (Å²) in [6, 6.07) is 7.35. The summed E-state index contributed by atoms with van der Waals surface area (Å²) in [7, 11) is 2.92. The van der Waals surface area contributed by atoms with Gasteiger partial charge >= 0.3 is 0 Å². The van der Waals surface area contributed by atoms with Crippen LogP contribution in [0, 0.1) is 10.1 Å². The van der Waals surface area contributed by atoms with E-state index in [1.54, 1.807) is 12.1 Å². The lowest BCUT2D eigenvalue weighted by Crippen LogP contribution is -2.18. The normalized spacial score (nSPS) is 12.1. The van der Waals surface area contributed by atoms with Crippen molar-refractivity contribution in [3.05, 3.63) is 51.6 Å². The first-order valence-corrected chi connectivity index (χ1v) is 7.67. The van der Waals surface area contributed by atoms with E-state index in [0.717, 1.165) is 6.21 Å². The third kappa shape index (κ3) is 3.73. The molecule has 0 aromatic heterocycles. The quantitative estimate of drug-likeness (QED) is 0.467. The number of methoxy groups -OCH3 is 2. The van der Waals surface area contributed by atoms with Gasteiger partial charge in [-0.15, -0.1) is 0 Å². The van der Waals surface area contributed by atoms with E-state index in [4.69, 9.17) is 18.9 Å². The van der Waals surface area contributed by atoms with Crippen molar-refractivity contribution in [2.75, 3.05) is 21.0 Å². The number of hydrazone groups is 1. The molecule has 0 fully saturated rings. The Morgan fingerprint density at radius 3 is 2.63 bits per heavy atom. The first-order chi connectivity index (χ1) is 13.0. The highest BCUT2D eigenvalue weighted by molar-refractivity contribution is 5.98. The fourth-order valence-corrected chi connectivity index (χ4v) is 2.42. The summed E-state index contributed by atoms with van der Waals surface area (Å²) in [4.78, 5) is 22.9. The number of benzene rings is 2. The first-order valence-electron chi connectivity index (χ1n) is 7.67. The zero-order valence-electron chi connectivity index (χ0n) is 14.4. The smallest absolute Gasteiger partial charge is 0.282 e. The van der Waals surface area contributed by atoms with Gasteiger partial charge in [-0.2, -0.15) is 5.10 Å². The van der Waals surface area contributed by atoms with Gasteiger partial charge in [-0.25, -0.2) is 5.43 Å². The summed E-state index contributed by atoms with van der Waals surface area (Å²) in [6.45, 7) is -0.0128. The van der Waals surface area contributed by atoms with Crippen LogP contribution in [0.3, 0.4) is 0 Å². The van der Waals surface area contributed by atoms with Crippen molar-refractivity contribution in [3.8, 4) is 23.0 Å². The van der Waals surface area contributed by atoms with Crippen molar-refractivity contribution in [1.82, 2.24) is 5.43 Å². The van der Waals surface area contributed by atoms with E-state index in [2.05, 4.69) is 10.5 Å². The second kappa shape index (κ2) is 7.60. The van der Waals surface area contributed by atoms with Crippen molar-refractivity contribution in [3.63, 3.8) is 0 Å². The van der Waals surface area contributed by atoms with Crippen LogP contribution in [0.25, 0.3) is 0 Å². The molecule has 140 valence electrons. The lowest BCUT2D eigenvalue weighted by atomic mass is 10.1. The van der Waals surface area contributed by atoms with E-state index >= 15 is 0 Å². The fourth-order valence-electron chi connectivity index (χ4n) is 2.42. The molecule has 3 rings (SSSR count). The zero-order valence-corrected chi connectivity index (χ0v) is 14.4. The maximum atomic E-state index is 12.3. The Morgan fingerprint density at radius 1 is 1.22 bits per heavy atom. The van der Waals surface area contributed by atoms with Crippen LogP contribution in [-0.2, 0) is 0 Å². The average Bonchev–Trinajstić information content (AvgIpc) is 3.13. The number of ether oxygens (including phenoxy) is 4. The Hall–Kier alpha value is -3.82. The monoisotopic (exact) mass is 373 g/mol. The number of hydrogen-bond donors (Lipinski definition) is 1. The summed E-state index contributed by atoms with van der Waals surface area (Å²) in [5.41, 5.74) is 2.48. The van der Waals surface area contributed by atoms with E-state index in [0.29, 0.717) is 17.2 Å². The number of fused-ring (bicyclic) bond motifs is 1. The largest absolute Gasteiger partial charge is 0.497 e. The average molecular weight is 373 g/mol. The van der Waals surface area contributed by atoms with Crippen LogP contribution in [0.4, 0.5) is 5.69 Å². The number of hydrogen-bond acceptors (Lipinski definition) is 8. The van der Waals surface area contributed by atoms with Gasteiger partial charge in [-0.05, 0) is 18.2 Å². The number of nitro groups is 1. The van der Waals surface area contributed by atoms with Crippen LogP contribution in [0.15, 0.2) is 35.4 Å². The molecule has 1 N–H and O–H groups in total. The van der Waals surface area contributed by atoms with Crippen LogP contribution in [0.2, 0.25) is 0 Å². The van der Waals surface area contributed by atoms with E-state index < -0.39 is 10.8 Å². The van der Waals surface area contributed by atoms with E-state index in [9.17, 15) is 14.9 Å². The van der Waals surface area contributed by atoms with Crippen LogP contribution in [0.5, 0.6) is 23.0 Å². The molecule has 0 saturated carbocycles. The zero-order chi connectivity index (χ0) is 19.4. The van der Waals surface area contributed by atoms with E-state index in [1.165, 1.54) is 32.4 Å². The highest BCUT2D eigenvalue weighted by Crippen LogP contribution is 2.37. The van der Waals surface area contributed by atoms with Gasteiger partial charge in [0, 0.05) is 6.07 Å². The van der Waals surface area contributed by atoms with Gasteiger partial charge in [-0.1, -0.05) is 0 Å². The summed E-state index contributed by atoms with van der Waals surface area (Å²) in [5, 5.41) is 15.0. The van der Waals surface area contributed by atoms with Crippen molar-refractivity contribution in [2.24, 2.45) is 5.10 Å². The predicted octanol–water partition coefficient (Wildman–Crippen LogP) is 2.10. The Morgan fingerprint density at radius 2 is 1.96 bits per heavy atom. The molecule has 0 unspecified atom stereocenters. The lowest BCUT2D eigenvalue weighted by molar-refractivity contribution is -0.385. The second-order valence-electron chi connectivity index (χ2n) is 5.29. The number of nitrogens with one attached hydrogen (secondary N) is 1. The molecule has 10 heteroatoms. The molecule has 0 saturated heterocycles. The standard InChI is InChI=1S/C17H15N3O7/c1-24-11-3-4-12(14(6-11)25-2)17(21)19-18-8-10-5-15-16(27-9-26-15)7-13(10)20(22)23/h3-8H,9H2,1-2H3,(H,19,21)/b18-8-. The van der Waals surface area contributed by atoms with Crippen LogP contribution in [0.1, 0.15) is 15.9 Å². The number of carbonyl (C=O) groups excluding carboxylic acids is 1. The molecule has 1 aliphatic heterocycles. The minimum Gasteiger partial charge on any atom is -0.497 e. The molecular formula is C17H15N3O7. The highest BCUT2D eigenvalue weighted by Gasteiger charge is 2.22. The summed E-state index contributed by atoms with van der Waals surface area (Å²) in [6.07, 6.45) is 1.16. The molecule has 0 aliphatic carbocycles. The van der Waals surface area contributed by atoms with Crippen LogP contribution >= 0.6 is 0 Å². The van der Waals surface area contributed by atoms with Crippen molar-refractivity contribution in [1.29, 1.82) is 0 Å². The minimum absolute atomic E-state index is 0.0128. The molecule has 10 nitrogen and oxygen atoms in total. The van der Waals surface area contributed by atoms with Gasteiger partial charge in [0.05, 0.1) is 42.6 Å². The topological polar surface area (TPSA) is 122 Å². The first kappa shape index (κ1) is 18.0. The SMILES string of the molecule is COc1ccc(C(=O)N/N=C\c2cc3c(cc2[N+](=O)[O-])OCO3)c(OC)c1. The maximum Gasteiger partial charge on any atom is 0.282 e. The molecule has 0 bridgehead atoms. The van der Waals surface area contributed by atoms with Gasteiger partial charge in [0.1, 0.15) is 11.5 Å². The number of rotatable bonds is 6. The summed E-state index contributed by atoms with van der Waals surface area (Å²) < 4.78 is 20.6. The molecule has 2 aromatic carbocycles. The van der Waals surface area contributed by atoms with Crippen molar-refractivity contribution >= 4 is 17.8 Å². The molecule has 1 amide bonds. The Bertz CT molecular complexity index is 927. The Balaban J connectivity index is 1.80. The highest BCUT2D eigenvalue weighted by atomic mass is 16.7. The van der Waals surface area contributed by atoms with Crippen LogP contribution in [-0.4, -0.2) is 38.1 Å². The summed E-state index contributed by atoms with van der Waals surface area (Å²) in [5.74, 6) is 0.934. The van der Waals surface area contributed by atoms with Crippen molar-refractivity contribution in [2.45, 2.75) is 0 Å². The molecule has 2 aromatic rings. The van der Waals surface area contributed by atoms with Gasteiger partial charge in [0.15, 0.2) is 11.5 Å². The molecule has 0 spiro atoms. The van der Waals surface area contributed by atoms with Gasteiger partial charge in [0.2, 0.25) is 6.79 Å². The van der Waals surface area contributed by atoms with Gasteiger partial charge < -0.3 is 18.9 Å². The number of amides is 1. The molecular weight excluding hydrogens is 358 g/mol. The molecule has 27 heavy (non-hydrogen) atoms. The van der Waals surface area contributed by atoms with E-state index in [1.807, 2.05) is 0 Å². The molecule has 0 atom stereocenters. The predicted molar refractivity (Wildman–Crippen MR) is 93.8 cm³/mol. The number of nitrogens with zero attached hydrogens (tertiary/aromatic N) is 2. The molecule has 1 heterocycles. The third-order valence-corrected chi connectivity index (χ3v) is 3.74. The lowest BCUT2D eigenvalue weighted by Gasteiger charge is -2.08. The Labute approximate surface area is 153 Å². The Kier molecular flexibility index (Phi) is 5.06. The van der Waals surface area contributed by atoms with Crippen molar-refractivity contribution < 1.29 is 28.7 Å². The third-order valence-electron chi connectivity index (χ3n) is 3.74. The maximum absolute atomic E-state index is 12.3. The summed E-state index contributed by atoms with van der Waals surface area (Å²) >= 11 is 0. The fraction of sp³-hybridized carbons (Fsp3) is 0.176. The van der Waals surface area contributed by atoms with Gasteiger partial charge in [-0.3, -0.25) is 14.9 Å². The van der Waals surface area contributed by atoms with Gasteiger partial charge in [0.25, 0.3) is 11.6 Å². The molecule has 1 aliphatic rings.